The fourth-order valence-electron chi connectivity index (χ4n) is 4.17. The second-order valence-electron chi connectivity index (χ2n) is 8.86. The quantitative estimate of drug-likeness (QED) is 0.428. The summed E-state index contributed by atoms with van der Waals surface area (Å²) in [6.45, 7) is 3.24. The smallest absolute Gasteiger partial charge is 0.339 e. The molecule has 8 nitrogen and oxygen atoms in total. The minimum absolute atomic E-state index is 0.148. The summed E-state index contributed by atoms with van der Waals surface area (Å²) < 4.78 is 8.69. The Morgan fingerprint density at radius 3 is 2.49 bits per heavy atom. The summed E-state index contributed by atoms with van der Waals surface area (Å²) in [7, 11) is 1.74. The van der Waals surface area contributed by atoms with Crippen LogP contribution in [-0.2, 0) is 16.6 Å². The van der Waals surface area contributed by atoms with Crippen LogP contribution in [0.3, 0.4) is 0 Å². The Bertz CT molecular complexity index is 1500. The number of para-hydroxylation sites is 2. The highest BCUT2D eigenvalue weighted by Crippen LogP contribution is 2.40. The van der Waals surface area contributed by atoms with Gasteiger partial charge in [0.05, 0.1) is 22.5 Å². The molecule has 178 valence electrons. The molecule has 2 heterocycles. The average Bonchev–Trinajstić information content (AvgIpc) is 3.69. The summed E-state index contributed by atoms with van der Waals surface area (Å²) in [5, 5.41) is 3.34. The van der Waals surface area contributed by atoms with E-state index in [-0.39, 0.29) is 11.2 Å². The van der Waals surface area contributed by atoms with Crippen LogP contribution in [0.25, 0.3) is 16.6 Å². The Kier molecular flexibility index (Phi) is 5.72. The van der Waals surface area contributed by atoms with Crippen molar-refractivity contribution >= 4 is 28.5 Å². The maximum Gasteiger partial charge on any atom is 0.339 e. The van der Waals surface area contributed by atoms with Crippen molar-refractivity contribution in [3.63, 3.8) is 0 Å². The third kappa shape index (κ3) is 4.23. The fraction of sp³-hybridized carbons (Fsp3) is 0.259. The molecular weight excluding hydrogens is 444 g/mol. The number of esters is 1. The maximum absolute atomic E-state index is 13.1. The topological polar surface area (TPSA) is 95.2 Å². The number of fused-ring (bicyclic) bond motifs is 1. The second kappa shape index (κ2) is 8.87. The molecule has 5 rings (SSSR count). The molecule has 1 aliphatic rings. The Balaban J connectivity index is 1.37. The van der Waals surface area contributed by atoms with Crippen molar-refractivity contribution < 1.29 is 14.3 Å². The zero-order chi connectivity index (χ0) is 24.7. The van der Waals surface area contributed by atoms with Crippen LogP contribution in [0.5, 0.6) is 0 Å². The van der Waals surface area contributed by atoms with Gasteiger partial charge in [-0.1, -0.05) is 36.4 Å². The van der Waals surface area contributed by atoms with Crippen LogP contribution in [0.4, 0.5) is 5.69 Å². The number of benzene rings is 2. The zero-order valence-electron chi connectivity index (χ0n) is 19.8. The Morgan fingerprint density at radius 2 is 1.77 bits per heavy atom. The van der Waals surface area contributed by atoms with Gasteiger partial charge in [-0.25, -0.2) is 9.48 Å². The Labute approximate surface area is 202 Å². The number of ether oxygens (including phenoxy) is 1. The minimum atomic E-state index is -1.11. The molecule has 0 radical (unpaired) electrons. The third-order valence-corrected chi connectivity index (χ3v) is 6.41. The number of carbonyl (C=O) groups excluding carboxylic acids is 2. The van der Waals surface area contributed by atoms with Gasteiger partial charge in [0, 0.05) is 24.0 Å². The molecule has 2 aromatic heterocycles. The van der Waals surface area contributed by atoms with Crippen LogP contribution in [0, 0.1) is 6.92 Å². The molecule has 1 aliphatic carbocycles. The van der Waals surface area contributed by atoms with E-state index in [1.807, 2.05) is 54.6 Å². The average molecular weight is 471 g/mol. The highest BCUT2D eigenvalue weighted by atomic mass is 16.5. The van der Waals surface area contributed by atoms with Crippen LogP contribution < -0.4 is 10.9 Å². The van der Waals surface area contributed by atoms with Gasteiger partial charge in [-0.2, -0.15) is 0 Å². The molecule has 0 aliphatic heterocycles. The summed E-state index contributed by atoms with van der Waals surface area (Å²) in [6, 6.07) is 18.3. The number of rotatable bonds is 6. The molecule has 1 fully saturated rings. The first-order valence-corrected chi connectivity index (χ1v) is 11.6. The SMILES string of the molecule is Cc1c(NC(=O)C(C)OC(=O)c2cc(C3CC3)nc3ccccc23)c(=O)n(-c2ccccc2)n1C. The number of hydrogen-bond donors (Lipinski definition) is 1. The van der Waals surface area contributed by atoms with Gasteiger partial charge >= 0.3 is 5.97 Å². The lowest BCUT2D eigenvalue weighted by atomic mass is 10.1. The van der Waals surface area contributed by atoms with E-state index < -0.39 is 18.0 Å². The van der Waals surface area contributed by atoms with Gasteiger partial charge < -0.3 is 10.1 Å². The number of nitrogens with one attached hydrogen (secondary N) is 1. The van der Waals surface area contributed by atoms with Gasteiger partial charge in [0.2, 0.25) is 0 Å². The molecule has 4 aromatic rings. The molecule has 8 heteroatoms. The summed E-state index contributed by atoms with van der Waals surface area (Å²) >= 11 is 0. The number of anilines is 1. The lowest BCUT2D eigenvalue weighted by Crippen LogP contribution is -2.32. The van der Waals surface area contributed by atoms with E-state index in [2.05, 4.69) is 10.3 Å². The standard InChI is InChI=1S/C27H26N4O4/c1-16-24(26(33)31(30(16)3)19-9-5-4-6-10-19)29-25(32)17(2)35-27(34)21-15-23(18-13-14-18)28-22-12-8-7-11-20(21)22/h4-12,15,17-18H,13-14H2,1-3H3,(H,29,32). The van der Waals surface area contributed by atoms with E-state index in [0.29, 0.717) is 28.2 Å². The highest BCUT2D eigenvalue weighted by Gasteiger charge is 2.29. The molecule has 1 N–H and O–H groups in total. The van der Waals surface area contributed by atoms with Gasteiger partial charge in [-0.05, 0) is 51.0 Å². The molecule has 1 saturated carbocycles. The first-order chi connectivity index (χ1) is 16.8. The van der Waals surface area contributed by atoms with Gasteiger partial charge in [0.1, 0.15) is 5.69 Å². The zero-order valence-corrected chi connectivity index (χ0v) is 19.8. The predicted molar refractivity (Wildman–Crippen MR) is 133 cm³/mol. The lowest BCUT2D eigenvalue weighted by Gasteiger charge is -2.14. The predicted octanol–water partition coefficient (Wildman–Crippen LogP) is 4.09. The molecule has 35 heavy (non-hydrogen) atoms. The van der Waals surface area contributed by atoms with Crippen molar-refractivity contribution in [2.24, 2.45) is 7.05 Å². The van der Waals surface area contributed by atoms with Crippen molar-refractivity contribution in [1.29, 1.82) is 0 Å². The molecule has 0 spiro atoms. The normalized spacial score (nSPS) is 14.0. The van der Waals surface area contributed by atoms with E-state index in [4.69, 9.17) is 4.74 Å². The first-order valence-electron chi connectivity index (χ1n) is 11.6. The number of nitrogens with zero attached hydrogens (tertiary/aromatic N) is 3. The molecule has 0 bridgehead atoms. The van der Waals surface area contributed by atoms with Crippen molar-refractivity contribution in [1.82, 2.24) is 14.3 Å². The van der Waals surface area contributed by atoms with Gasteiger partial charge in [-0.3, -0.25) is 19.3 Å². The fourth-order valence-corrected chi connectivity index (χ4v) is 4.17. The maximum atomic E-state index is 13.1. The Morgan fingerprint density at radius 1 is 1.09 bits per heavy atom. The number of pyridine rings is 1. The number of hydrogen-bond acceptors (Lipinski definition) is 5. The first kappa shape index (κ1) is 22.6. The van der Waals surface area contributed by atoms with Crippen LogP contribution in [0.15, 0.2) is 65.5 Å². The Hall–Kier alpha value is -4.20. The monoisotopic (exact) mass is 470 g/mol. The van der Waals surface area contributed by atoms with Crippen LogP contribution in [-0.4, -0.2) is 32.3 Å². The van der Waals surface area contributed by atoms with E-state index in [9.17, 15) is 14.4 Å². The number of amides is 1. The largest absolute Gasteiger partial charge is 0.449 e. The molecule has 2 aromatic carbocycles. The van der Waals surface area contributed by atoms with Crippen LogP contribution >= 0.6 is 0 Å². The molecule has 0 saturated heterocycles. The van der Waals surface area contributed by atoms with Crippen LogP contribution in [0.2, 0.25) is 0 Å². The van der Waals surface area contributed by atoms with Crippen molar-refractivity contribution in [3.8, 4) is 5.69 Å². The van der Waals surface area contributed by atoms with Crippen molar-refractivity contribution in [2.45, 2.75) is 38.7 Å². The van der Waals surface area contributed by atoms with E-state index in [1.54, 1.807) is 24.7 Å². The van der Waals surface area contributed by atoms with Gasteiger partial charge in [-0.15, -0.1) is 0 Å². The van der Waals surface area contributed by atoms with Crippen LogP contribution in [0.1, 0.15) is 47.4 Å². The van der Waals surface area contributed by atoms with E-state index in [0.717, 1.165) is 24.1 Å². The lowest BCUT2D eigenvalue weighted by molar-refractivity contribution is -0.123. The summed E-state index contributed by atoms with van der Waals surface area (Å²) in [4.78, 5) is 43.8. The molecule has 1 atom stereocenters. The number of carbonyl (C=O) groups is 2. The molecule has 1 amide bonds. The highest BCUT2D eigenvalue weighted by molar-refractivity contribution is 6.05. The van der Waals surface area contributed by atoms with Crippen molar-refractivity contribution in [3.05, 3.63) is 88.0 Å². The van der Waals surface area contributed by atoms with Gasteiger partial charge in [0.25, 0.3) is 11.5 Å². The minimum Gasteiger partial charge on any atom is -0.449 e. The van der Waals surface area contributed by atoms with E-state index in [1.165, 1.54) is 11.6 Å². The van der Waals surface area contributed by atoms with Crippen molar-refractivity contribution in [2.75, 3.05) is 5.32 Å². The second-order valence-corrected chi connectivity index (χ2v) is 8.86. The number of aromatic nitrogens is 3. The molecule has 1 unspecified atom stereocenters. The van der Waals surface area contributed by atoms with E-state index >= 15 is 0 Å². The summed E-state index contributed by atoms with van der Waals surface area (Å²) in [5.41, 5.74) is 3.03. The summed E-state index contributed by atoms with van der Waals surface area (Å²) in [6.07, 6.45) is 0.994. The van der Waals surface area contributed by atoms with Gasteiger partial charge in [0.15, 0.2) is 6.10 Å². The third-order valence-electron chi connectivity index (χ3n) is 6.41. The summed E-state index contributed by atoms with van der Waals surface area (Å²) in [5.74, 6) is -0.815. The molecular formula is C27H26N4O4.